The second kappa shape index (κ2) is 4.08. The van der Waals surface area contributed by atoms with Gasteiger partial charge in [0.25, 0.3) is 0 Å². The second-order valence-electron chi connectivity index (χ2n) is 4.05. The van der Waals surface area contributed by atoms with E-state index < -0.39 is 0 Å². The summed E-state index contributed by atoms with van der Waals surface area (Å²) in [5.74, 6) is 0. The number of hydrogen-bond acceptors (Lipinski definition) is 1. The minimum atomic E-state index is 0.864. The minimum Gasteiger partial charge on any atom is -0.300 e. The smallest absolute Gasteiger partial charge is 0.0164 e. The lowest BCUT2D eigenvalue weighted by atomic mass is 10.2. The van der Waals surface area contributed by atoms with Crippen molar-refractivity contribution in [3.63, 3.8) is 0 Å². The molecule has 0 unspecified atom stereocenters. The van der Waals surface area contributed by atoms with Crippen LogP contribution >= 0.6 is 0 Å². The van der Waals surface area contributed by atoms with Gasteiger partial charge in [-0.15, -0.1) is 0 Å². The molecule has 0 amide bonds. The highest BCUT2D eigenvalue weighted by Crippen LogP contribution is 2.20. The van der Waals surface area contributed by atoms with E-state index in [0.29, 0.717) is 0 Å². The van der Waals surface area contributed by atoms with Crippen molar-refractivity contribution in [1.29, 1.82) is 0 Å². The lowest BCUT2D eigenvalue weighted by molar-refractivity contribution is 0.211. The van der Waals surface area contributed by atoms with Crippen LogP contribution in [0.25, 0.3) is 0 Å². The molecule has 0 aromatic carbocycles. The maximum absolute atomic E-state index is 2.70. The number of rotatable bonds is 1. The maximum Gasteiger partial charge on any atom is 0.0164 e. The van der Waals surface area contributed by atoms with E-state index in [1.54, 1.807) is 0 Å². The van der Waals surface area contributed by atoms with Gasteiger partial charge in [-0.05, 0) is 38.8 Å². The summed E-state index contributed by atoms with van der Waals surface area (Å²) in [7, 11) is 0. The molecule has 0 N–H and O–H groups in total. The van der Waals surface area contributed by atoms with Gasteiger partial charge in [-0.1, -0.05) is 25.0 Å². The SMILES string of the molecule is C1=CCC(N2CCCCCC2)C1. The molecule has 0 aromatic rings. The van der Waals surface area contributed by atoms with Gasteiger partial charge in [0.05, 0.1) is 0 Å². The molecule has 0 atom stereocenters. The van der Waals surface area contributed by atoms with Crippen LogP contribution in [-0.4, -0.2) is 24.0 Å². The van der Waals surface area contributed by atoms with E-state index in [4.69, 9.17) is 0 Å². The first-order chi connectivity index (χ1) is 5.97. The largest absolute Gasteiger partial charge is 0.300 e. The molecule has 12 heavy (non-hydrogen) atoms. The number of likely N-dealkylation sites (tertiary alicyclic amines) is 1. The van der Waals surface area contributed by atoms with Crippen LogP contribution in [-0.2, 0) is 0 Å². The molecule has 1 heterocycles. The van der Waals surface area contributed by atoms with Crippen molar-refractivity contribution in [3.8, 4) is 0 Å². The molecule has 1 aliphatic heterocycles. The first kappa shape index (κ1) is 8.31. The molecule has 1 aliphatic carbocycles. The highest BCUT2D eigenvalue weighted by Gasteiger charge is 2.19. The Kier molecular flexibility index (Phi) is 2.83. The van der Waals surface area contributed by atoms with Crippen molar-refractivity contribution in [3.05, 3.63) is 12.2 Å². The average molecular weight is 165 g/mol. The fraction of sp³-hybridized carbons (Fsp3) is 0.818. The summed E-state index contributed by atoms with van der Waals surface area (Å²) in [6.45, 7) is 2.71. The number of hydrogen-bond donors (Lipinski definition) is 0. The third kappa shape index (κ3) is 1.89. The molecular weight excluding hydrogens is 146 g/mol. The van der Waals surface area contributed by atoms with Crippen LogP contribution in [0, 0.1) is 0 Å². The molecule has 1 heteroatoms. The summed E-state index contributed by atoms with van der Waals surface area (Å²) in [6.07, 6.45) is 13.1. The third-order valence-electron chi connectivity index (χ3n) is 3.14. The zero-order chi connectivity index (χ0) is 8.23. The Balaban J connectivity index is 1.84. The van der Waals surface area contributed by atoms with Gasteiger partial charge >= 0.3 is 0 Å². The van der Waals surface area contributed by atoms with Crippen LogP contribution in [0.15, 0.2) is 12.2 Å². The van der Waals surface area contributed by atoms with Gasteiger partial charge in [-0.25, -0.2) is 0 Å². The van der Waals surface area contributed by atoms with E-state index in [2.05, 4.69) is 17.1 Å². The summed E-state index contributed by atoms with van der Waals surface area (Å²) >= 11 is 0. The van der Waals surface area contributed by atoms with Crippen molar-refractivity contribution in [2.45, 2.75) is 44.6 Å². The van der Waals surface area contributed by atoms with E-state index in [0.717, 1.165) is 6.04 Å². The van der Waals surface area contributed by atoms with Gasteiger partial charge in [-0.2, -0.15) is 0 Å². The van der Waals surface area contributed by atoms with Crippen molar-refractivity contribution in [2.75, 3.05) is 13.1 Å². The Bertz CT molecular complexity index is 146. The lowest BCUT2D eigenvalue weighted by Gasteiger charge is -2.26. The van der Waals surface area contributed by atoms with Gasteiger partial charge in [0.1, 0.15) is 0 Å². The topological polar surface area (TPSA) is 3.24 Å². The normalized spacial score (nSPS) is 27.7. The van der Waals surface area contributed by atoms with Crippen LogP contribution in [0.1, 0.15) is 38.5 Å². The molecular formula is C11H19N. The van der Waals surface area contributed by atoms with Crippen molar-refractivity contribution in [1.82, 2.24) is 4.90 Å². The first-order valence-corrected chi connectivity index (χ1v) is 5.36. The Labute approximate surface area is 75.4 Å². The monoisotopic (exact) mass is 165 g/mol. The summed E-state index contributed by atoms with van der Waals surface area (Å²) in [5.41, 5.74) is 0. The summed E-state index contributed by atoms with van der Waals surface area (Å²) in [5, 5.41) is 0. The van der Waals surface area contributed by atoms with Crippen LogP contribution < -0.4 is 0 Å². The molecule has 0 saturated carbocycles. The van der Waals surface area contributed by atoms with Gasteiger partial charge < -0.3 is 0 Å². The number of nitrogens with zero attached hydrogens (tertiary/aromatic N) is 1. The molecule has 0 spiro atoms. The molecule has 1 saturated heterocycles. The highest BCUT2D eigenvalue weighted by atomic mass is 15.2. The summed E-state index contributed by atoms with van der Waals surface area (Å²) < 4.78 is 0. The molecule has 2 rings (SSSR count). The summed E-state index contributed by atoms with van der Waals surface area (Å²) in [4.78, 5) is 2.70. The van der Waals surface area contributed by atoms with E-state index in [9.17, 15) is 0 Å². The van der Waals surface area contributed by atoms with Crippen LogP contribution in [0.3, 0.4) is 0 Å². The van der Waals surface area contributed by atoms with Crippen LogP contribution in [0.4, 0.5) is 0 Å². The Morgan fingerprint density at radius 1 is 0.833 bits per heavy atom. The first-order valence-electron chi connectivity index (χ1n) is 5.36. The fourth-order valence-electron chi connectivity index (χ4n) is 2.36. The Morgan fingerprint density at radius 3 is 2.00 bits per heavy atom. The molecule has 0 aromatic heterocycles. The van der Waals surface area contributed by atoms with Crippen molar-refractivity contribution >= 4 is 0 Å². The molecule has 0 radical (unpaired) electrons. The van der Waals surface area contributed by atoms with Crippen molar-refractivity contribution in [2.24, 2.45) is 0 Å². The standard InChI is InChI=1S/C11H19N/c1-2-6-10-12(9-5-1)11-7-3-4-8-11/h3-4,11H,1-2,5-10H2. The Hall–Kier alpha value is -0.300. The maximum atomic E-state index is 2.70. The Morgan fingerprint density at radius 2 is 1.42 bits per heavy atom. The van der Waals surface area contributed by atoms with Crippen LogP contribution in [0.5, 0.6) is 0 Å². The quantitative estimate of drug-likeness (QED) is 0.540. The molecule has 0 bridgehead atoms. The molecule has 1 fully saturated rings. The van der Waals surface area contributed by atoms with Crippen LogP contribution in [0.2, 0.25) is 0 Å². The molecule has 2 aliphatic rings. The predicted octanol–water partition coefficient (Wildman–Crippen LogP) is 2.58. The van der Waals surface area contributed by atoms with Gasteiger partial charge in [0.15, 0.2) is 0 Å². The van der Waals surface area contributed by atoms with Gasteiger partial charge in [0, 0.05) is 6.04 Å². The third-order valence-corrected chi connectivity index (χ3v) is 3.14. The highest BCUT2D eigenvalue weighted by molar-refractivity contribution is 4.98. The molecule has 68 valence electrons. The average Bonchev–Trinajstić information content (AvgIpc) is 2.48. The molecule has 1 nitrogen and oxygen atoms in total. The van der Waals surface area contributed by atoms with Crippen molar-refractivity contribution < 1.29 is 0 Å². The van der Waals surface area contributed by atoms with E-state index >= 15 is 0 Å². The second-order valence-corrected chi connectivity index (χ2v) is 4.05. The fourth-order valence-corrected chi connectivity index (χ4v) is 2.36. The van der Waals surface area contributed by atoms with E-state index in [1.165, 1.54) is 51.6 Å². The predicted molar refractivity (Wildman–Crippen MR) is 52.2 cm³/mol. The minimum absolute atomic E-state index is 0.864. The van der Waals surface area contributed by atoms with Gasteiger partial charge in [0.2, 0.25) is 0 Å². The lowest BCUT2D eigenvalue weighted by Crippen LogP contribution is -2.34. The van der Waals surface area contributed by atoms with E-state index in [-0.39, 0.29) is 0 Å². The summed E-state index contributed by atoms with van der Waals surface area (Å²) in [6, 6.07) is 0.864. The van der Waals surface area contributed by atoms with E-state index in [1.807, 2.05) is 0 Å². The zero-order valence-electron chi connectivity index (χ0n) is 7.84. The van der Waals surface area contributed by atoms with Gasteiger partial charge in [-0.3, -0.25) is 4.90 Å². The zero-order valence-corrected chi connectivity index (χ0v) is 7.84.